The summed E-state index contributed by atoms with van der Waals surface area (Å²) in [7, 11) is 3.40. The number of rotatable bonds is 6. The van der Waals surface area contributed by atoms with Crippen molar-refractivity contribution in [3.63, 3.8) is 0 Å². The molecule has 0 aromatic heterocycles. The molecule has 0 fully saturated rings. The molecule has 4 aromatic rings. The van der Waals surface area contributed by atoms with Crippen LogP contribution in [0.25, 0.3) is 22.3 Å². The van der Waals surface area contributed by atoms with Crippen molar-refractivity contribution in [3.05, 3.63) is 97.1 Å². The van der Waals surface area contributed by atoms with Gasteiger partial charge in [0, 0.05) is 9.79 Å². The Bertz CT molecular complexity index is 1000. The van der Waals surface area contributed by atoms with Gasteiger partial charge in [-0.1, -0.05) is 72.4 Å². The smallest absolute Gasteiger partial charge is 0.119 e. The molecule has 0 saturated carbocycles. The highest BCUT2D eigenvalue weighted by atomic mass is 32.2. The van der Waals surface area contributed by atoms with Crippen LogP contribution in [0.1, 0.15) is 0 Å². The van der Waals surface area contributed by atoms with Crippen LogP contribution < -0.4 is 9.47 Å². The van der Waals surface area contributed by atoms with Gasteiger partial charge in [-0.2, -0.15) is 0 Å². The molecular formula is C26H22O2S. The molecule has 144 valence electrons. The number of benzene rings is 4. The molecule has 3 heteroatoms. The zero-order valence-electron chi connectivity index (χ0n) is 16.5. The molecule has 0 radical (unpaired) electrons. The van der Waals surface area contributed by atoms with E-state index in [1.165, 1.54) is 20.9 Å². The van der Waals surface area contributed by atoms with Crippen molar-refractivity contribution in [2.75, 3.05) is 14.2 Å². The molecule has 0 spiro atoms. The van der Waals surface area contributed by atoms with Gasteiger partial charge in [0.1, 0.15) is 11.5 Å². The molecule has 0 amide bonds. The van der Waals surface area contributed by atoms with Gasteiger partial charge in [-0.05, 0) is 58.7 Å². The second-order valence-electron chi connectivity index (χ2n) is 6.56. The minimum absolute atomic E-state index is 0.853. The number of hydrogen-bond donors (Lipinski definition) is 0. The Morgan fingerprint density at radius 3 is 1.31 bits per heavy atom. The van der Waals surface area contributed by atoms with Gasteiger partial charge >= 0.3 is 0 Å². The van der Waals surface area contributed by atoms with E-state index >= 15 is 0 Å². The Labute approximate surface area is 176 Å². The lowest BCUT2D eigenvalue weighted by atomic mass is 10.1. The summed E-state index contributed by atoms with van der Waals surface area (Å²) in [5, 5.41) is 0. The van der Waals surface area contributed by atoms with E-state index in [2.05, 4.69) is 72.8 Å². The van der Waals surface area contributed by atoms with Crippen molar-refractivity contribution < 1.29 is 9.47 Å². The maximum absolute atomic E-state index is 5.48. The van der Waals surface area contributed by atoms with Crippen LogP contribution in [0, 0.1) is 0 Å². The van der Waals surface area contributed by atoms with E-state index in [1.807, 2.05) is 24.3 Å². The van der Waals surface area contributed by atoms with Crippen LogP contribution in [-0.4, -0.2) is 14.2 Å². The fraction of sp³-hybridized carbons (Fsp3) is 0.0769. The summed E-state index contributed by atoms with van der Waals surface area (Å²) >= 11 is 1.76. The molecule has 0 heterocycles. The van der Waals surface area contributed by atoms with Crippen LogP contribution in [0.15, 0.2) is 107 Å². The minimum atomic E-state index is 0.853. The number of hydrogen-bond acceptors (Lipinski definition) is 3. The van der Waals surface area contributed by atoms with Gasteiger partial charge in [-0.15, -0.1) is 0 Å². The lowest BCUT2D eigenvalue weighted by Gasteiger charge is -2.15. The number of ether oxygens (including phenoxy) is 2. The third kappa shape index (κ3) is 4.30. The Hall–Kier alpha value is -3.17. The summed E-state index contributed by atoms with van der Waals surface area (Å²) in [6.07, 6.45) is 0. The first-order valence-corrected chi connectivity index (χ1v) is 10.2. The highest BCUT2D eigenvalue weighted by Gasteiger charge is 2.13. The van der Waals surface area contributed by atoms with Gasteiger partial charge in [0.05, 0.1) is 14.2 Å². The van der Waals surface area contributed by atoms with Crippen molar-refractivity contribution in [2.45, 2.75) is 9.79 Å². The number of methoxy groups -OCH3 is 2. The molecule has 0 saturated heterocycles. The summed E-state index contributed by atoms with van der Waals surface area (Å²) < 4.78 is 11.0. The van der Waals surface area contributed by atoms with Crippen molar-refractivity contribution >= 4 is 11.8 Å². The minimum Gasteiger partial charge on any atom is -0.497 e. The normalized spacial score (nSPS) is 10.6. The standard InChI is InChI=1S/C26H22O2S/c1-27-21-13-15-25(23(17-21)19-9-5-3-6-10-19)29-26-16-14-22(28-2)18-24(26)20-11-7-4-8-12-20/h3-18H,1-2H3. The van der Waals surface area contributed by atoms with E-state index in [9.17, 15) is 0 Å². The summed E-state index contributed by atoms with van der Waals surface area (Å²) in [5.74, 6) is 1.71. The molecule has 0 aliphatic carbocycles. The predicted molar refractivity (Wildman–Crippen MR) is 121 cm³/mol. The van der Waals surface area contributed by atoms with E-state index in [4.69, 9.17) is 9.47 Å². The maximum atomic E-state index is 5.48. The Balaban J connectivity index is 1.81. The first-order valence-electron chi connectivity index (χ1n) is 9.43. The quantitative estimate of drug-likeness (QED) is 0.342. The van der Waals surface area contributed by atoms with Crippen LogP contribution in [0.5, 0.6) is 11.5 Å². The van der Waals surface area contributed by atoms with Gasteiger partial charge in [0.25, 0.3) is 0 Å². The van der Waals surface area contributed by atoms with Gasteiger partial charge in [0.15, 0.2) is 0 Å². The highest BCUT2D eigenvalue weighted by molar-refractivity contribution is 7.99. The average molecular weight is 399 g/mol. The molecular weight excluding hydrogens is 376 g/mol. The summed E-state index contributed by atoms with van der Waals surface area (Å²) in [4.78, 5) is 2.36. The molecule has 0 atom stereocenters. The van der Waals surface area contributed by atoms with E-state index in [-0.39, 0.29) is 0 Å². The average Bonchev–Trinajstić information content (AvgIpc) is 2.80. The fourth-order valence-electron chi connectivity index (χ4n) is 3.26. The Kier molecular flexibility index (Phi) is 5.87. The molecule has 2 nitrogen and oxygen atoms in total. The highest BCUT2D eigenvalue weighted by Crippen LogP contribution is 2.42. The van der Waals surface area contributed by atoms with Crippen LogP contribution >= 0.6 is 11.8 Å². The third-order valence-electron chi connectivity index (χ3n) is 4.76. The largest absolute Gasteiger partial charge is 0.497 e. The lowest BCUT2D eigenvalue weighted by molar-refractivity contribution is 0.414. The van der Waals surface area contributed by atoms with Crippen LogP contribution in [0.3, 0.4) is 0 Å². The van der Waals surface area contributed by atoms with Crippen LogP contribution in [0.4, 0.5) is 0 Å². The van der Waals surface area contributed by atoms with Gasteiger partial charge in [-0.3, -0.25) is 0 Å². The van der Waals surface area contributed by atoms with Gasteiger partial charge in [0.2, 0.25) is 0 Å². The van der Waals surface area contributed by atoms with Crippen molar-refractivity contribution in [1.82, 2.24) is 0 Å². The van der Waals surface area contributed by atoms with Gasteiger partial charge < -0.3 is 9.47 Å². The van der Waals surface area contributed by atoms with Crippen LogP contribution in [0.2, 0.25) is 0 Å². The van der Waals surface area contributed by atoms with E-state index < -0.39 is 0 Å². The van der Waals surface area contributed by atoms with Crippen LogP contribution in [-0.2, 0) is 0 Å². The maximum Gasteiger partial charge on any atom is 0.119 e. The zero-order valence-corrected chi connectivity index (χ0v) is 17.3. The predicted octanol–water partition coefficient (Wildman–Crippen LogP) is 7.19. The summed E-state index contributed by atoms with van der Waals surface area (Å²) in [6, 6.07) is 33.3. The second kappa shape index (κ2) is 8.89. The Morgan fingerprint density at radius 2 is 0.931 bits per heavy atom. The molecule has 4 aromatic carbocycles. The summed E-state index contributed by atoms with van der Waals surface area (Å²) in [6.45, 7) is 0. The SMILES string of the molecule is COc1ccc(Sc2ccc(OC)cc2-c2ccccc2)c(-c2ccccc2)c1. The van der Waals surface area contributed by atoms with E-state index in [1.54, 1.807) is 26.0 Å². The van der Waals surface area contributed by atoms with Crippen molar-refractivity contribution in [3.8, 4) is 33.8 Å². The fourth-order valence-corrected chi connectivity index (χ4v) is 4.34. The van der Waals surface area contributed by atoms with E-state index in [0.29, 0.717) is 0 Å². The molecule has 0 unspecified atom stereocenters. The second-order valence-corrected chi connectivity index (χ2v) is 7.64. The third-order valence-corrected chi connectivity index (χ3v) is 5.91. The molecule has 29 heavy (non-hydrogen) atoms. The molecule has 0 N–H and O–H groups in total. The Morgan fingerprint density at radius 1 is 0.517 bits per heavy atom. The molecule has 4 rings (SSSR count). The van der Waals surface area contributed by atoms with E-state index in [0.717, 1.165) is 22.6 Å². The lowest BCUT2D eigenvalue weighted by Crippen LogP contribution is -1.90. The van der Waals surface area contributed by atoms with Crippen molar-refractivity contribution in [2.24, 2.45) is 0 Å². The molecule has 0 aliphatic heterocycles. The first kappa shape index (κ1) is 19.2. The zero-order chi connectivity index (χ0) is 20.1. The van der Waals surface area contributed by atoms with Gasteiger partial charge in [-0.25, -0.2) is 0 Å². The summed E-state index contributed by atoms with van der Waals surface area (Å²) in [5.41, 5.74) is 4.65. The first-order chi connectivity index (χ1) is 14.3. The monoisotopic (exact) mass is 398 g/mol. The topological polar surface area (TPSA) is 18.5 Å². The molecule has 0 aliphatic rings. The molecule has 0 bridgehead atoms. The van der Waals surface area contributed by atoms with Crippen molar-refractivity contribution in [1.29, 1.82) is 0 Å².